The lowest BCUT2D eigenvalue weighted by Gasteiger charge is -2.26. The third-order valence-corrected chi connectivity index (χ3v) is 10.4. The Morgan fingerprint density at radius 1 is 1.02 bits per heavy atom. The molecular weight excluding hydrogens is 607 g/mol. The van der Waals surface area contributed by atoms with E-state index in [-0.39, 0.29) is 33.5 Å². The van der Waals surface area contributed by atoms with Gasteiger partial charge in [-0.1, -0.05) is 23.4 Å². The van der Waals surface area contributed by atoms with E-state index >= 15 is 0 Å². The molecule has 1 unspecified atom stereocenters. The summed E-state index contributed by atoms with van der Waals surface area (Å²) in [5, 5.41) is 7.42. The van der Waals surface area contributed by atoms with Crippen LogP contribution in [0.2, 0.25) is 0 Å². The molecule has 3 saturated heterocycles. The number of rotatable bonds is 6. The molecule has 0 radical (unpaired) electrons. The molecule has 5 aromatic rings. The normalized spacial score (nSPS) is 20.4. The van der Waals surface area contributed by atoms with E-state index in [1.807, 2.05) is 0 Å². The number of halogens is 3. The summed E-state index contributed by atoms with van der Waals surface area (Å²) in [6.07, 6.45) is 0.176. The van der Waals surface area contributed by atoms with Gasteiger partial charge in [-0.3, -0.25) is 0 Å². The molecule has 7 heterocycles. The molecule has 0 amide bonds. The number of alkyl halides is 3. The Balaban J connectivity index is 1.41. The summed E-state index contributed by atoms with van der Waals surface area (Å²) in [5.41, 5.74) is -0.129. The van der Waals surface area contributed by atoms with Crippen molar-refractivity contribution < 1.29 is 26.1 Å². The van der Waals surface area contributed by atoms with Gasteiger partial charge in [-0.2, -0.15) is 13.2 Å². The summed E-state index contributed by atoms with van der Waals surface area (Å²) in [6.45, 7) is 6.18. The van der Waals surface area contributed by atoms with Crippen LogP contribution in [0.5, 0.6) is 0 Å². The number of hydrogen-bond acceptors (Lipinski definition) is 9. The van der Waals surface area contributed by atoms with Gasteiger partial charge in [0.05, 0.1) is 27.5 Å². The molecule has 0 aliphatic carbocycles. The Morgan fingerprint density at radius 2 is 1.78 bits per heavy atom. The predicted octanol–water partition coefficient (Wildman–Crippen LogP) is 5.92. The molecule has 4 aromatic heterocycles. The van der Waals surface area contributed by atoms with Gasteiger partial charge in [0.2, 0.25) is 5.95 Å². The maximum absolute atomic E-state index is 14.5. The van der Waals surface area contributed by atoms with Crippen LogP contribution in [-0.4, -0.2) is 63.1 Å². The molecule has 3 aliphatic heterocycles. The minimum atomic E-state index is -4.81. The van der Waals surface area contributed by atoms with Crippen molar-refractivity contribution in [1.29, 1.82) is 0 Å². The predicted molar refractivity (Wildman–Crippen MR) is 161 cm³/mol. The highest BCUT2D eigenvalue weighted by atomic mass is 32.2. The lowest BCUT2D eigenvalue weighted by Crippen LogP contribution is -2.35. The molecule has 14 heteroatoms. The molecule has 1 aromatic carbocycles. The highest BCUT2D eigenvalue weighted by Gasteiger charge is 2.38. The first-order chi connectivity index (χ1) is 21.5. The number of nitrogens with one attached hydrogen (secondary N) is 1. The van der Waals surface area contributed by atoms with E-state index < -0.39 is 27.5 Å². The number of fused-ring (bicyclic) bond motifs is 5. The van der Waals surface area contributed by atoms with Crippen molar-refractivity contribution in [2.45, 2.75) is 50.2 Å². The molecular formula is C31H30F3N7O3S. The summed E-state index contributed by atoms with van der Waals surface area (Å²) >= 11 is 0. The van der Waals surface area contributed by atoms with Crippen molar-refractivity contribution in [3.05, 3.63) is 71.9 Å². The average molecular weight is 638 g/mol. The van der Waals surface area contributed by atoms with E-state index in [1.54, 1.807) is 44.2 Å². The van der Waals surface area contributed by atoms with Crippen LogP contribution in [0.15, 0.2) is 64.3 Å². The zero-order chi connectivity index (χ0) is 31.5. The van der Waals surface area contributed by atoms with Crippen LogP contribution < -0.4 is 5.32 Å². The lowest BCUT2D eigenvalue weighted by atomic mass is 9.94. The fourth-order valence-electron chi connectivity index (χ4n) is 6.48. The summed E-state index contributed by atoms with van der Waals surface area (Å²) in [7, 11) is -4.28. The highest BCUT2D eigenvalue weighted by Crippen LogP contribution is 2.41. The van der Waals surface area contributed by atoms with Gasteiger partial charge in [0, 0.05) is 35.9 Å². The largest absolute Gasteiger partial charge is 0.419 e. The third kappa shape index (κ3) is 5.35. The third-order valence-electron chi connectivity index (χ3n) is 8.70. The van der Waals surface area contributed by atoms with E-state index in [0.29, 0.717) is 28.6 Å². The van der Waals surface area contributed by atoms with Crippen molar-refractivity contribution in [3.63, 3.8) is 0 Å². The van der Waals surface area contributed by atoms with Gasteiger partial charge in [0.1, 0.15) is 11.3 Å². The molecule has 0 spiro atoms. The molecule has 234 valence electrons. The van der Waals surface area contributed by atoms with Crippen LogP contribution in [0.25, 0.3) is 33.5 Å². The van der Waals surface area contributed by atoms with Crippen molar-refractivity contribution in [1.82, 2.24) is 29.0 Å². The van der Waals surface area contributed by atoms with Gasteiger partial charge in [-0.25, -0.2) is 27.3 Å². The Bertz CT molecular complexity index is 1970. The van der Waals surface area contributed by atoms with Gasteiger partial charge < -0.3 is 14.7 Å². The summed E-state index contributed by atoms with van der Waals surface area (Å²) in [4.78, 5) is 15.4. The maximum atomic E-state index is 14.5. The Kier molecular flexibility index (Phi) is 7.15. The molecule has 3 aliphatic rings. The second-order valence-corrected chi connectivity index (χ2v) is 13.5. The van der Waals surface area contributed by atoms with E-state index in [9.17, 15) is 21.6 Å². The van der Waals surface area contributed by atoms with Gasteiger partial charge in [0.15, 0.2) is 5.65 Å². The first-order valence-electron chi connectivity index (χ1n) is 14.7. The van der Waals surface area contributed by atoms with Crippen molar-refractivity contribution in [2.24, 2.45) is 5.92 Å². The quantitative estimate of drug-likeness (QED) is 0.242. The second-order valence-electron chi connectivity index (χ2n) is 11.7. The number of benzene rings is 1. The molecule has 8 rings (SSSR count). The standard InChI is InChI=1S/C31H30F3N7O3S/c1-18-27(19(2)44-39-18)26-9-8-23-24(17-41(29(23)37-26)45(42,43)22-6-4-3-5-7-22)28-25(31(32,33)34)15-35-30(38-28)36-21-14-20-10-12-40(16-21)13-11-20/h3-9,15,17,20-21H,10-14,16H2,1-2H3,(H,35,36,38). The average Bonchev–Trinajstić information content (AvgIpc) is 3.42. The van der Waals surface area contributed by atoms with Crippen molar-refractivity contribution >= 4 is 27.0 Å². The Labute approximate surface area is 257 Å². The maximum Gasteiger partial charge on any atom is 0.419 e. The van der Waals surface area contributed by atoms with Crippen molar-refractivity contribution in [3.8, 4) is 22.5 Å². The Morgan fingerprint density at radius 3 is 2.47 bits per heavy atom. The number of aromatic nitrogens is 5. The minimum absolute atomic E-state index is 0.0244. The number of anilines is 1. The van der Waals surface area contributed by atoms with E-state index in [2.05, 4.69) is 30.3 Å². The first kappa shape index (κ1) is 29.4. The first-order valence-corrected chi connectivity index (χ1v) is 16.1. The van der Waals surface area contributed by atoms with E-state index in [4.69, 9.17) is 4.52 Å². The monoisotopic (exact) mass is 637 g/mol. The molecule has 0 saturated carbocycles. The van der Waals surface area contributed by atoms with Gasteiger partial charge >= 0.3 is 6.18 Å². The van der Waals surface area contributed by atoms with Crippen LogP contribution >= 0.6 is 0 Å². The van der Waals surface area contributed by atoms with Crippen LogP contribution in [0.3, 0.4) is 0 Å². The minimum Gasteiger partial charge on any atom is -0.361 e. The number of piperidine rings is 1. The van der Waals surface area contributed by atoms with Gasteiger partial charge in [-0.05, 0) is 76.4 Å². The van der Waals surface area contributed by atoms with Crippen LogP contribution in [0, 0.1) is 19.8 Å². The molecule has 3 fully saturated rings. The summed E-state index contributed by atoms with van der Waals surface area (Å²) in [5.74, 6) is 1.06. The second kappa shape index (κ2) is 10.9. The van der Waals surface area contributed by atoms with Crippen LogP contribution in [0.1, 0.15) is 36.3 Å². The summed E-state index contributed by atoms with van der Waals surface area (Å²) in [6, 6.07) is 10.8. The smallest absolute Gasteiger partial charge is 0.361 e. The number of nitrogens with zero attached hydrogens (tertiary/aromatic N) is 6. The SMILES string of the molecule is Cc1noc(C)c1-c1ccc2c(-c3nc(NC4CC5CCN(CC5)C4)ncc3C(F)(F)F)cn(S(=O)(=O)c3ccccc3)c2n1. The van der Waals surface area contributed by atoms with Gasteiger partial charge in [-0.15, -0.1) is 0 Å². The van der Waals surface area contributed by atoms with E-state index in [1.165, 1.54) is 12.1 Å². The number of hydrogen-bond donors (Lipinski definition) is 1. The zero-order valence-electron chi connectivity index (χ0n) is 24.5. The van der Waals surface area contributed by atoms with E-state index in [0.717, 1.165) is 55.3 Å². The number of pyridine rings is 1. The molecule has 45 heavy (non-hydrogen) atoms. The fraction of sp³-hybridized carbons (Fsp3) is 0.355. The van der Waals surface area contributed by atoms with Crippen molar-refractivity contribution in [2.75, 3.05) is 25.0 Å². The highest BCUT2D eigenvalue weighted by molar-refractivity contribution is 7.90. The zero-order valence-corrected chi connectivity index (χ0v) is 25.4. The Hall–Kier alpha value is -4.30. The molecule has 1 N–H and O–H groups in total. The van der Waals surface area contributed by atoms with Crippen LogP contribution in [0.4, 0.5) is 19.1 Å². The topological polar surface area (TPSA) is 119 Å². The molecule has 1 atom stereocenters. The fourth-order valence-corrected chi connectivity index (χ4v) is 7.82. The van der Waals surface area contributed by atoms with Gasteiger partial charge in [0.25, 0.3) is 10.0 Å². The summed E-state index contributed by atoms with van der Waals surface area (Å²) < 4.78 is 77.5. The number of aryl methyl sites for hydroxylation is 2. The molecule has 2 bridgehead atoms. The van der Waals surface area contributed by atoms with Crippen LogP contribution in [-0.2, 0) is 16.2 Å². The molecule has 10 nitrogen and oxygen atoms in total. The lowest BCUT2D eigenvalue weighted by molar-refractivity contribution is -0.137.